The Morgan fingerprint density at radius 2 is 1.92 bits per heavy atom. The smallest absolute Gasteiger partial charge is 0.228 e. The molecule has 24 heavy (non-hydrogen) atoms. The number of carbonyl (C=O) groups is 1. The molecule has 0 radical (unpaired) electrons. The normalized spacial score (nSPS) is 10.8. The summed E-state index contributed by atoms with van der Waals surface area (Å²) in [6, 6.07) is 15.6. The van der Waals surface area contributed by atoms with E-state index >= 15 is 0 Å². The third kappa shape index (κ3) is 3.58. The predicted molar refractivity (Wildman–Crippen MR) is 97.4 cm³/mol. The minimum Gasteiger partial charge on any atom is -0.395 e. The van der Waals surface area contributed by atoms with Crippen LogP contribution in [0.25, 0.3) is 10.9 Å². The van der Waals surface area contributed by atoms with E-state index in [2.05, 4.69) is 10.3 Å². The van der Waals surface area contributed by atoms with Crippen LogP contribution >= 0.6 is 0 Å². The number of aliphatic hydroxyl groups is 1. The molecule has 5 nitrogen and oxygen atoms in total. The monoisotopic (exact) mass is 323 g/mol. The maximum Gasteiger partial charge on any atom is 0.228 e. The maximum absolute atomic E-state index is 12.3. The fraction of sp³-hybridized carbons (Fsp3) is 0.211. The fourth-order valence-corrected chi connectivity index (χ4v) is 2.73. The van der Waals surface area contributed by atoms with Gasteiger partial charge in [0.2, 0.25) is 5.91 Å². The van der Waals surface area contributed by atoms with Gasteiger partial charge in [-0.15, -0.1) is 0 Å². The summed E-state index contributed by atoms with van der Waals surface area (Å²) in [5, 5.41) is 13.0. The molecule has 2 aromatic carbocycles. The molecule has 0 aliphatic carbocycles. The summed E-state index contributed by atoms with van der Waals surface area (Å²) >= 11 is 0. The van der Waals surface area contributed by atoms with Crippen molar-refractivity contribution in [2.24, 2.45) is 0 Å². The van der Waals surface area contributed by atoms with Gasteiger partial charge in [-0.3, -0.25) is 4.79 Å². The van der Waals surface area contributed by atoms with Crippen molar-refractivity contribution in [1.82, 2.24) is 4.98 Å². The zero-order valence-electron chi connectivity index (χ0n) is 13.6. The number of H-pyrrole nitrogens is 1. The Morgan fingerprint density at radius 1 is 1.17 bits per heavy atom. The van der Waals surface area contributed by atoms with Crippen molar-refractivity contribution >= 4 is 28.2 Å². The number of likely N-dealkylation sites (N-methyl/N-ethyl adjacent to an activating group) is 1. The first-order valence-electron chi connectivity index (χ1n) is 7.94. The molecule has 5 heteroatoms. The molecule has 1 heterocycles. The summed E-state index contributed by atoms with van der Waals surface area (Å²) in [4.78, 5) is 17.4. The molecule has 0 fully saturated rings. The number of fused-ring (bicyclic) bond motifs is 1. The molecule has 0 atom stereocenters. The Hall–Kier alpha value is -2.79. The lowest BCUT2D eigenvalue weighted by Crippen LogP contribution is -2.21. The van der Waals surface area contributed by atoms with E-state index in [4.69, 9.17) is 5.11 Å². The van der Waals surface area contributed by atoms with Crippen molar-refractivity contribution in [3.05, 3.63) is 60.3 Å². The predicted octanol–water partition coefficient (Wildman–Crippen LogP) is 2.78. The van der Waals surface area contributed by atoms with Gasteiger partial charge in [0.25, 0.3) is 0 Å². The number of para-hydroxylation sites is 1. The Labute approximate surface area is 140 Å². The second-order valence-corrected chi connectivity index (χ2v) is 5.78. The summed E-state index contributed by atoms with van der Waals surface area (Å²) in [6.45, 7) is 0.686. The lowest BCUT2D eigenvalue weighted by Gasteiger charge is -2.18. The van der Waals surface area contributed by atoms with Gasteiger partial charge in [0, 0.05) is 42.1 Å². The van der Waals surface area contributed by atoms with Crippen LogP contribution < -0.4 is 10.2 Å². The number of anilines is 2. The summed E-state index contributed by atoms with van der Waals surface area (Å²) in [7, 11) is 1.92. The van der Waals surface area contributed by atoms with Gasteiger partial charge >= 0.3 is 0 Å². The maximum atomic E-state index is 12.3. The van der Waals surface area contributed by atoms with Gasteiger partial charge < -0.3 is 20.3 Å². The second kappa shape index (κ2) is 7.19. The van der Waals surface area contributed by atoms with Gasteiger partial charge in [0.15, 0.2) is 0 Å². The second-order valence-electron chi connectivity index (χ2n) is 5.78. The van der Waals surface area contributed by atoms with Crippen LogP contribution in [0.2, 0.25) is 0 Å². The van der Waals surface area contributed by atoms with Gasteiger partial charge in [-0.25, -0.2) is 0 Å². The van der Waals surface area contributed by atoms with Crippen LogP contribution in [0.5, 0.6) is 0 Å². The number of rotatable bonds is 6. The van der Waals surface area contributed by atoms with E-state index < -0.39 is 0 Å². The molecular weight excluding hydrogens is 302 g/mol. The first kappa shape index (κ1) is 16.1. The van der Waals surface area contributed by atoms with Crippen molar-refractivity contribution in [2.75, 3.05) is 30.4 Å². The molecule has 124 valence electrons. The molecule has 0 spiro atoms. The Kier molecular flexibility index (Phi) is 4.82. The topological polar surface area (TPSA) is 68.4 Å². The molecule has 0 aliphatic heterocycles. The number of amides is 1. The van der Waals surface area contributed by atoms with E-state index in [-0.39, 0.29) is 12.5 Å². The number of hydrogen-bond acceptors (Lipinski definition) is 3. The molecule has 3 rings (SSSR count). The molecular formula is C19H21N3O2. The van der Waals surface area contributed by atoms with Gasteiger partial charge in [-0.1, -0.05) is 18.2 Å². The van der Waals surface area contributed by atoms with Gasteiger partial charge in [0.1, 0.15) is 0 Å². The van der Waals surface area contributed by atoms with Crippen molar-refractivity contribution in [3.8, 4) is 0 Å². The van der Waals surface area contributed by atoms with Crippen LogP contribution in [0, 0.1) is 0 Å². The molecule has 0 bridgehead atoms. The van der Waals surface area contributed by atoms with Crippen molar-refractivity contribution in [3.63, 3.8) is 0 Å². The van der Waals surface area contributed by atoms with Crippen LogP contribution in [0.4, 0.5) is 11.4 Å². The van der Waals surface area contributed by atoms with Crippen LogP contribution in [-0.4, -0.2) is 36.2 Å². The highest BCUT2D eigenvalue weighted by Crippen LogP contribution is 2.20. The Balaban J connectivity index is 1.64. The number of nitrogens with zero attached hydrogens (tertiary/aromatic N) is 1. The molecule has 0 saturated heterocycles. The highest BCUT2D eigenvalue weighted by molar-refractivity contribution is 5.95. The third-order valence-electron chi connectivity index (χ3n) is 4.05. The van der Waals surface area contributed by atoms with Gasteiger partial charge in [-0.2, -0.15) is 0 Å². The van der Waals surface area contributed by atoms with Crippen LogP contribution in [0.3, 0.4) is 0 Å². The Bertz CT molecular complexity index is 824. The number of hydrogen-bond donors (Lipinski definition) is 3. The standard InChI is InChI=1S/C19H21N3O2/c1-22(10-11-23)16-8-6-15(7-9-16)21-19(24)12-14-13-20-18-5-3-2-4-17(14)18/h2-9,13,20,23H,10-12H2,1H3,(H,21,24). The average molecular weight is 323 g/mol. The summed E-state index contributed by atoms with van der Waals surface area (Å²) in [5.41, 5.74) is 3.79. The van der Waals surface area contributed by atoms with Crippen molar-refractivity contribution in [1.29, 1.82) is 0 Å². The minimum absolute atomic E-state index is 0.0452. The largest absolute Gasteiger partial charge is 0.395 e. The zero-order chi connectivity index (χ0) is 16.9. The van der Waals surface area contributed by atoms with E-state index in [0.717, 1.165) is 27.8 Å². The molecule has 0 saturated carbocycles. The molecule has 0 aliphatic rings. The Morgan fingerprint density at radius 3 is 2.67 bits per heavy atom. The first-order valence-corrected chi connectivity index (χ1v) is 7.94. The highest BCUT2D eigenvalue weighted by Gasteiger charge is 2.09. The third-order valence-corrected chi connectivity index (χ3v) is 4.05. The van der Waals surface area contributed by atoms with Crippen LogP contribution in [0.1, 0.15) is 5.56 Å². The molecule has 3 N–H and O–H groups in total. The number of carbonyl (C=O) groups excluding carboxylic acids is 1. The number of aliphatic hydroxyl groups excluding tert-OH is 1. The molecule has 1 aromatic heterocycles. The molecule has 0 unspecified atom stereocenters. The number of aromatic nitrogens is 1. The van der Waals surface area contributed by atoms with E-state index in [1.54, 1.807) is 0 Å². The fourth-order valence-electron chi connectivity index (χ4n) is 2.73. The average Bonchev–Trinajstić information content (AvgIpc) is 2.99. The quantitative estimate of drug-likeness (QED) is 0.653. The lowest BCUT2D eigenvalue weighted by atomic mass is 10.1. The number of benzene rings is 2. The summed E-state index contributed by atoms with van der Waals surface area (Å²) in [5.74, 6) is -0.0452. The number of aromatic amines is 1. The zero-order valence-corrected chi connectivity index (χ0v) is 13.6. The number of nitrogens with one attached hydrogen (secondary N) is 2. The van der Waals surface area contributed by atoms with Gasteiger partial charge in [0.05, 0.1) is 13.0 Å². The van der Waals surface area contributed by atoms with E-state index in [9.17, 15) is 4.79 Å². The van der Waals surface area contributed by atoms with Crippen LogP contribution in [0.15, 0.2) is 54.7 Å². The molecule has 3 aromatic rings. The van der Waals surface area contributed by atoms with Crippen molar-refractivity contribution < 1.29 is 9.90 Å². The van der Waals surface area contributed by atoms with E-state index in [1.807, 2.05) is 66.7 Å². The van der Waals surface area contributed by atoms with E-state index in [0.29, 0.717) is 13.0 Å². The van der Waals surface area contributed by atoms with Crippen molar-refractivity contribution in [2.45, 2.75) is 6.42 Å². The summed E-state index contributed by atoms with van der Waals surface area (Å²) in [6.07, 6.45) is 2.22. The SMILES string of the molecule is CN(CCO)c1ccc(NC(=O)Cc2c[nH]c3ccccc23)cc1. The lowest BCUT2D eigenvalue weighted by molar-refractivity contribution is -0.115. The minimum atomic E-state index is -0.0452. The van der Waals surface area contributed by atoms with Gasteiger partial charge in [-0.05, 0) is 35.9 Å². The first-order chi connectivity index (χ1) is 11.7. The highest BCUT2D eigenvalue weighted by atomic mass is 16.3. The van der Waals surface area contributed by atoms with E-state index in [1.165, 1.54) is 0 Å². The van der Waals surface area contributed by atoms with Crippen LogP contribution in [-0.2, 0) is 11.2 Å². The molecule has 1 amide bonds. The summed E-state index contributed by atoms with van der Waals surface area (Å²) < 4.78 is 0.